The third kappa shape index (κ3) is 2.76. The number of halogens is 2. The van der Waals surface area contributed by atoms with Gasteiger partial charge in [0.2, 0.25) is 0 Å². The van der Waals surface area contributed by atoms with Crippen LogP contribution in [0.1, 0.15) is 5.56 Å². The number of hydrogen-bond acceptors (Lipinski definition) is 2. The topological polar surface area (TPSA) is 36.7 Å². The molecule has 2 nitrogen and oxygen atoms in total. The highest BCUT2D eigenvalue weighted by atomic mass is 35.5. The van der Waals surface area contributed by atoms with Gasteiger partial charge in [-0.25, -0.2) is 0 Å². The summed E-state index contributed by atoms with van der Waals surface area (Å²) in [5, 5.41) is 9.67. The van der Waals surface area contributed by atoms with Crippen LogP contribution in [0.2, 0.25) is 10.0 Å². The molecule has 1 heterocycles. The summed E-state index contributed by atoms with van der Waals surface area (Å²) in [5.74, 6) is 0. The highest BCUT2D eigenvalue weighted by Crippen LogP contribution is 2.27. The molecule has 0 spiro atoms. The molecule has 0 saturated carbocycles. The first-order valence-corrected chi connectivity index (χ1v) is 5.73. The minimum atomic E-state index is 0.372. The van der Waals surface area contributed by atoms with Crippen molar-refractivity contribution in [1.29, 1.82) is 5.26 Å². The van der Waals surface area contributed by atoms with Gasteiger partial charge in [0.15, 0.2) is 0 Å². The summed E-state index contributed by atoms with van der Waals surface area (Å²) >= 11 is 11.8. The van der Waals surface area contributed by atoms with Crippen LogP contribution < -0.4 is 0 Å². The molecule has 0 fully saturated rings. The Bertz CT molecular complexity index is 588. The minimum absolute atomic E-state index is 0.372. The monoisotopic (exact) mass is 262 g/mol. The van der Waals surface area contributed by atoms with Crippen molar-refractivity contribution in [3.63, 3.8) is 0 Å². The highest BCUT2D eigenvalue weighted by molar-refractivity contribution is 6.42. The quantitative estimate of drug-likeness (QED) is 0.817. The Morgan fingerprint density at radius 1 is 1.12 bits per heavy atom. The van der Waals surface area contributed by atoms with E-state index in [0.29, 0.717) is 16.5 Å². The fourth-order valence-electron chi connectivity index (χ4n) is 1.49. The fourth-order valence-corrected chi connectivity index (χ4v) is 1.79. The van der Waals surface area contributed by atoms with Gasteiger partial charge in [-0.1, -0.05) is 29.3 Å². The van der Waals surface area contributed by atoms with Gasteiger partial charge in [0, 0.05) is 11.8 Å². The van der Waals surface area contributed by atoms with E-state index in [1.807, 2.05) is 18.2 Å². The molecule has 0 saturated heterocycles. The van der Waals surface area contributed by atoms with Crippen LogP contribution in [0.3, 0.4) is 0 Å². The van der Waals surface area contributed by atoms with Gasteiger partial charge >= 0.3 is 0 Å². The van der Waals surface area contributed by atoms with Crippen LogP contribution in [-0.4, -0.2) is 4.98 Å². The molecule has 0 aliphatic carbocycles. The lowest BCUT2D eigenvalue weighted by molar-refractivity contribution is 1.21. The van der Waals surface area contributed by atoms with E-state index < -0.39 is 0 Å². The molecule has 0 aliphatic heterocycles. The maximum absolute atomic E-state index is 8.65. The van der Waals surface area contributed by atoms with Crippen LogP contribution >= 0.6 is 23.2 Å². The molecule has 0 aliphatic rings. The van der Waals surface area contributed by atoms with Crippen LogP contribution in [0, 0.1) is 11.3 Å². The molecule has 17 heavy (non-hydrogen) atoms. The molecule has 1 aromatic carbocycles. The molecule has 0 N–H and O–H groups in total. The number of nitrogens with zero attached hydrogens (tertiary/aromatic N) is 2. The van der Waals surface area contributed by atoms with E-state index in [4.69, 9.17) is 28.5 Å². The predicted octanol–water partition coefficient (Wildman–Crippen LogP) is 4.12. The van der Waals surface area contributed by atoms with Gasteiger partial charge < -0.3 is 0 Å². The van der Waals surface area contributed by atoms with Crippen LogP contribution in [0.4, 0.5) is 0 Å². The van der Waals surface area contributed by atoms with Crippen LogP contribution in [0.5, 0.6) is 0 Å². The smallest absolute Gasteiger partial charge is 0.0705 e. The summed E-state index contributed by atoms with van der Waals surface area (Å²) < 4.78 is 0. The van der Waals surface area contributed by atoms with Crippen LogP contribution in [0.15, 0.2) is 36.5 Å². The molecular formula is C13H8Cl2N2. The first-order valence-electron chi connectivity index (χ1n) is 4.98. The van der Waals surface area contributed by atoms with Gasteiger partial charge in [-0.05, 0) is 29.8 Å². The van der Waals surface area contributed by atoms with Gasteiger partial charge in [0.05, 0.1) is 28.2 Å². The van der Waals surface area contributed by atoms with Gasteiger partial charge in [-0.15, -0.1) is 0 Å². The van der Waals surface area contributed by atoms with E-state index >= 15 is 0 Å². The van der Waals surface area contributed by atoms with Gasteiger partial charge in [-0.2, -0.15) is 5.26 Å². The zero-order valence-electron chi connectivity index (χ0n) is 8.82. The first-order chi connectivity index (χ1) is 8.20. The standard InChI is InChI=1S/C13H8Cl2N2/c14-11-2-1-10(8-12(11)15)13-7-9(3-5-16)4-6-17-13/h1-2,4,6-8H,3H2. The van der Waals surface area contributed by atoms with Crippen molar-refractivity contribution >= 4 is 23.2 Å². The highest BCUT2D eigenvalue weighted by Gasteiger charge is 2.04. The summed E-state index contributed by atoms with van der Waals surface area (Å²) in [6.07, 6.45) is 2.06. The Hall–Kier alpha value is -1.56. The fraction of sp³-hybridized carbons (Fsp3) is 0.0769. The van der Waals surface area contributed by atoms with Crippen molar-refractivity contribution in [3.8, 4) is 17.3 Å². The molecule has 2 rings (SSSR count). The van der Waals surface area contributed by atoms with Crippen molar-refractivity contribution < 1.29 is 0 Å². The third-order valence-corrected chi connectivity index (χ3v) is 3.06. The largest absolute Gasteiger partial charge is 0.256 e. The summed E-state index contributed by atoms with van der Waals surface area (Å²) in [6.45, 7) is 0. The Balaban J connectivity index is 2.42. The van der Waals surface area contributed by atoms with Gasteiger partial charge in [0.1, 0.15) is 0 Å². The molecule has 1 aromatic heterocycles. The molecule has 0 amide bonds. The lowest BCUT2D eigenvalue weighted by Crippen LogP contribution is -1.87. The molecular weight excluding hydrogens is 255 g/mol. The third-order valence-electron chi connectivity index (χ3n) is 2.32. The number of benzene rings is 1. The van der Waals surface area contributed by atoms with Gasteiger partial charge in [-0.3, -0.25) is 4.98 Å². The summed E-state index contributed by atoms with van der Waals surface area (Å²) in [5.41, 5.74) is 2.61. The summed E-state index contributed by atoms with van der Waals surface area (Å²) in [7, 11) is 0. The van der Waals surface area contributed by atoms with E-state index in [1.165, 1.54) is 0 Å². The minimum Gasteiger partial charge on any atom is -0.256 e. The second kappa shape index (κ2) is 5.18. The van der Waals surface area contributed by atoms with Crippen molar-refractivity contribution in [2.24, 2.45) is 0 Å². The maximum atomic E-state index is 8.65. The average Bonchev–Trinajstić information content (AvgIpc) is 2.33. The molecule has 0 atom stereocenters. The summed E-state index contributed by atoms with van der Waals surface area (Å²) in [6, 6.07) is 11.2. The van der Waals surface area contributed by atoms with Crippen molar-refractivity contribution in [3.05, 3.63) is 52.1 Å². The van der Waals surface area contributed by atoms with E-state index in [-0.39, 0.29) is 0 Å². The number of rotatable bonds is 2. The zero-order valence-corrected chi connectivity index (χ0v) is 10.3. The Kier molecular flexibility index (Phi) is 3.63. The van der Waals surface area contributed by atoms with Gasteiger partial charge in [0.25, 0.3) is 0 Å². The van der Waals surface area contributed by atoms with E-state index in [1.54, 1.807) is 18.3 Å². The normalized spacial score (nSPS) is 9.94. The Morgan fingerprint density at radius 3 is 2.65 bits per heavy atom. The molecule has 2 aromatic rings. The van der Waals surface area contributed by atoms with E-state index in [9.17, 15) is 0 Å². The maximum Gasteiger partial charge on any atom is 0.0705 e. The number of pyridine rings is 1. The second-order valence-electron chi connectivity index (χ2n) is 3.51. The number of hydrogen-bond donors (Lipinski definition) is 0. The van der Waals surface area contributed by atoms with Crippen LogP contribution in [0.25, 0.3) is 11.3 Å². The second-order valence-corrected chi connectivity index (χ2v) is 4.33. The van der Waals surface area contributed by atoms with Crippen molar-refractivity contribution in [2.45, 2.75) is 6.42 Å². The lowest BCUT2D eigenvalue weighted by atomic mass is 10.1. The molecule has 84 valence electrons. The van der Waals surface area contributed by atoms with E-state index in [2.05, 4.69) is 11.1 Å². The molecule has 4 heteroatoms. The SMILES string of the molecule is N#CCc1ccnc(-c2ccc(Cl)c(Cl)c2)c1. The predicted molar refractivity (Wildman–Crippen MR) is 69.0 cm³/mol. The van der Waals surface area contributed by atoms with Crippen molar-refractivity contribution in [1.82, 2.24) is 4.98 Å². The number of aromatic nitrogens is 1. The lowest BCUT2D eigenvalue weighted by Gasteiger charge is -2.04. The molecule has 0 bridgehead atoms. The van der Waals surface area contributed by atoms with E-state index in [0.717, 1.165) is 16.8 Å². The molecule has 0 radical (unpaired) electrons. The number of nitriles is 1. The average molecular weight is 263 g/mol. The molecule has 0 unspecified atom stereocenters. The Morgan fingerprint density at radius 2 is 1.94 bits per heavy atom. The zero-order chi connectivity index (χ0) is 12.3. The first kappa shape index (κ1) is 11.9. The Labute approximate surface area is 109 Å². The van der Waals surface area contributed by atoms with Crippen LogP contribution in [-0.2, 0) is 6.42 Å². The summed E-state index contributed by atoms with van der Waals surface area (Å²) in [4.78, 5) is 4.25. The van der Waals surface area contributed by atoms with Crippen molar-refractivity contribution in [2.75, 3.05) is 0 Å².